The van der Waals surface area contributed by atoms with Gasteiger partial charge in [0.05, 0.1) is 0 Å². The Hall–Kier alpha value is 0. The van der Waals surface area contributed by atoms with E-state index in [1.54, 1.807) is 0 Å². The molecule has 0 heterocycles. The maximum atomic E-state index is 2.48. The van der Waals surface area contributed by atoms with Gasteiger partial charge in [-0.2, -0.15) is 0 Å². The van der Waals surface area contributed by atoms with Crippen LogP contribution in [0.2, 0.25) is 0 Å². The normalized spacial score (nSPS) is 13.5. The fourth-order valence-corrected chi connectivity index (χ4v) is 4.53. The van der Waals surface area contributed by atoms with Gasteiger partial charge in [-0.3, -0.25) is 0 Å². The number of hydrogen-bond donors (Lipinski definition) is 0. The predicted octanol–water partition coefficient (Wildman–Crippen LogP) is 9.96. The maximum Gasteiger partial charge on any atom is -0.0380 e. The second kappa shape index (κ2) is 17.1. The van der Waals surface area contributed by atoms with Crippen LogP contribution in [0.15, 0.2) is 0 Å². The highest BCUT2D eigenvalue weighted by Crippen LogP contribution is 2.30. The minimum atomic E-state index is 0.494. The van der Waals surface area contributed by atoms with E-state index in [2.05, 4.69) is 41.5 Å². The SMILES string of the molecule is CCCCCCCCC(CCCCCCCC)CCC(C)CC(C)(C)C. The summed E-state index contributed by atoms with van der Waals surface area (Å²) in [5.41, 5.74) is 0.494. The lowest BCUT2D eigenvalue weighted by atomic mass is 9.81. The van der Waals surface area contributed by atoms with E-state index in [9.17, 15) is 0 Å². The van der Waals surface area contributed by atoms with Gasteiger partial charge in [0, 0.05) is 0 Å². The minimum Gasteiger partial charge on any atom is -0.0654 e. The molecule has 1 atom stereocenters. The van der Waals surface area contributed by atoms with E-state index >= 15 is 0 Å². The average Bonchev–Trinajstić information content (AvgIpc) is 2.56. The second-order valence-electron chi connectivity index (χ2n) is 10.4. The monoisotopic (exact) mass is 366 g/mol. The van der Waals surface area contributed by atoms with Gasteiger partial charge in [-0.25, -0.2) is 0 Å². The van der Waals surface area contributed by atoms with E-state index in [0.717, 1.165) is 11.8 Å². The molecule has 0 fully saturated rings. The molecule has 0 saturated heterocycles. The Kier molecular flexibility index (Phi) is 17.1. The summed E-state index contributed by atoms with van der Waals surface area (Å²) in [6.07, 6.45) is 24.7. The van der Waals surface area contributed by atoms with Crippen LogP contribution in [0.4, 0.5) is 0 Å². The third-order valence-corrected chi connectivity index (χ3v) is 5.96. The Balaban J connectivity index is 4.05. The lowest BCUT2D eigenvalue weighted by Crippen LogP contribution is -2.12. The quantitative estimate of drug-likeness (QED) is 0.212. The smallest absolute Gasteiger partial charge is 0.0380 e. The highest BCUT2D eigenvalue weighted by Gasteiger charge is 2.17. The van der Waals surface area contributed by atoms with E-state index in [4.69, 9.17) is 0 Å². The van der Waals surface area contributed by atoms with Crippen LogP contribution in [0.5, 0.6) is 0 Å². The first-order chi connectivity index (χ1) is 12.4. The molecule has 0 aromatic rings. The van der Waals surface area contributed by atoms with Crippen molar-refractivity contribution in [2.24, 2.45) is 17.3 Å². The number of hydrogen-bond acceptors (Lipinski definition) is 0. The van der Waals surface area contributed by atoms with Crippen molar-refractivity contribution in [2.75, 3.05) is 0 Å². The lowest BCUT2D eigenvalue weighted by Gasteiger charge is -2.25. The first-order valence-electron chi connectivity index (χ1n) is 12.4. The van der Waals surface area contributed by atoms with Crippen LogP contribution in [0.1, 0.15) is 151 Å². The zero-order chi connectivity index (χ0) is 19.7. The number of unbranched alkanes of at least 4 members (excludes halogenated alkanes) is 10. The summed E-state index contributed by atoms with van der Waals surface area (Å²) < 4.78 is 0. The van der Waals surface area contributed by atoms with E-state index in [-0.39, 0.29) is 0 Å². The van der Waals surface area contributed by atoms with Gasteiger partial charge in [-0.15, -0.1) is 0 Å². The zero-order valence-electron chi connectivity index (χ0n) is 19.7. The van der Waals surface area contributed by atoms with Crippen molar-refractivity contribution in [3.05, 3.63) is 0 Å². The van der Waals surface area contributed by atoms with Gasteiger partial charge in [0.1, 0.15) is 0 Å². The fourth-order valence-electron chi connectivity index (χ4n) is 4.53. The molecule has 0 rings (SSSR count). The molecule has 0 amide bonds. The Bertz CT molecular complexity index is 256. The minimum absolute atomic E-state index is 0.494. The highest BCUT2D eigenvalue weighted by molar-refractivity contribution is 4.69. The molecule has 0 N–H and O–H groups in total. The molecule has 0 heteroatoms. The molecule has 26 heavy (non-hydrogen) atoms. The molecule has 0 saturated carbocycles. The molecule has 0 aliphatic rings. The topological polar surface area (TPSA) is 0 Å². The third-order valence-electron chi connectivity index (χ3n) is 5.96. The second-order valence-corrected chi connectivity index (χ2v) is 10.4. The Morgan fingerprint density at radius 1 is 0.538 bits per heavy atom. The molecule has 0 aromatic carbocycles. The fraction of sp³-hybridized carbons (Fsp3) is 1.00. The summed E-state index contributed by atoms with van der Waals surface area (Å²) in [5.74, 6) is 1.90. The predicted molar refractivity (Wildman–Crippen MR) is 122 cm³/mol. The van der Waals surface area contributed by atoms with E-state index < -0.39 is 0 Å². The summed E-state index contributed by atoms with van der Waals surface area (Å²) in [5, 5.41) is 0. The van der Waals surface area contributed by atoms with E-state index in [1.165, 1.54) is 109 Å². The molecule has 0 nitrogen and oxygen atoms in total. The van der Waals surface area contributed by atoms with Crippen LogP contribution < -0.4 is 0 Å². The van der Waals surface area contributed by atoms with Crippen molar-refractivity contribution < 1.29 is 0 Å². The first-order valence-corrected chi connectivity index (χ1v) is 12.4. The molecule has 1 unspecified atom stereocenters. The molecule has 0 aliphatic heterocycles. The van der Waals surface area contributed by atoms with Gasteiger partial charge in [0.25, 0.3) is 0 Å². The average molecular weight is 367 g/mol. The van der Waals surface area contributed by atoms with Crippen LogP contribution in [0, 0.1) is 17.3 Å². The maximum absolute atomic E-state index is 2.48. The van der Waals surface area contributed by atoms with Gasteiger partial charge in [-0.05, 0) is 23.7 Å². The summed E-state index contributed by atoms with van der Waals surface area (Å²) >= 11 is 0. The van der Waals surface area contributed by atoms with E-state index in [1.807, 2.05) is 0 Å². The highest BCUT2D eigenvalue weighted by atomic mass is 14.2. The van der Waals surface area contributed by atoms with Crippen LogP contribution in [0.3, 0.4) is 0 Å². The summed E-state index contributed by atoms with van der Waals surface area (Å²) in [6, 6.07) is 0. The van der Waals surface area contributed by atoms with Crippen molar-refractivity contribution in [1.82, 2.24) is 0 Å². The molecule has 0 spiro atoms. The molecule has 0 radical (unpaired) electrons. The Labute approximate surface area is 168 Å². The molecule has 158 valence electrons. The van der Waals surface area contributed by atoms with Crippen LogP contribution in [-0.2, 0) is 0 Å². The van der Waals surface area contributed by atoms with Crippen molar-refractivity contribution in [1.29, 1.82) is 0 Å². The summed E-state index contributed by atoms with van der Waals surface area (Å²) in [6.45, 7) is 14.3. The summed E-state index contributed by atoms with van der Waals surface area (Å²) in [4.78, 5) is 0. The molecule has 0 bridgehead atoms. The zero-order valence-corrected chi connectivity index (χ0v) is 19.7. The van der Waals surface area contributed by atoms with Crippen molar-refractivity contribution in [2.45, 2.75) is 151 Å². The van der Waals surface area contributed by atoms with Crippen LogP contribution in [-0.4, -0.2) is 0 Å². The molecular formula is C26H54. The van der Waals surface area contributed by atoms with Crippen LogP contribution >= 0.6 is 0 Å². The molecule has 0 aliphatic carbocycles. The van der Waals surface area contributed by atoms with Crippen LogP contribution in [0.25, 0.3) is 0 Å². The standard InChI is InChI=1S/C26H54/c1-7-9-11-13-15-17-19-25(20-18-16-14-12-10-8-2)22-21-24(3)23-26(4,5)6/h24-25H,7-23H2,1-6H3. The Morgan fingerprint density at radius 3 is 1.38 bits per heavy atom. The van der Waals surface area contributed by atoms with Crippen molar-refractivity contribution in [3.8, 4) is 0 Å². The van der Waals surface area contributed by atoms with Gasteiger partial charge >= 0.3 is 0 Å². The van der Waals surface area contributed by atoms with Crippen molar-refractivity contribution >= 4 is 0 Å². The number of rotatable bonds is 18. The van der Waals surface area contributed by atoms with Gasteiger partial charge in [-0.1, -0.05) is 144 Å². The van der Waals surface area contributed by atoms with Gasteiger partial charge in [0.2, 0.25) is 0 Å². The third kappa shape index (κ3) is 18.8. The molecular weight excluding hydrogens is 312 g/mol. The van der Waals surface area contributed by atoms with Gasteiger partial charge in [0.15, 0.2) is 0 Å². The first kappa shape index (κ1) is 26.0. The van der Waals surface area contributed by atoms with E-state index in [0.29, 0.717) is 5.41 Å². The van der Waals surface area contributed by atoms with Gasteiger partial charge < -0.3 is 0 Å². The van der Waals surface area contributed by atoms with Crippen molar-refractivity contribution in [3.63, 3.8) is 0 Å². The largest absolute Gasteiger partial charge is 0.0654 e. The summed E-state index contributed by atoms with van der Waals surface area (Å²) in [7, 11) is 0. The Morgan fingerprint density at radius 2 is 0.962 bits per heavy atom. The molecule has 0 aromatic heterocycles. The lowest BCUT2D eigenvalue weighted by molar-refractivity contribution is 0.271.